The van der Waals surface area contributed by atoms with Crippen molar-refractivity contribution in [2.24, 2.45) is 10.9 Å². The molecule has 4 N–H and O–H groups in total. The minimum Gasteiger partial charge on any atom is -0.478 e. The highest BCUT2D eigenvalue weighted by Crippen LogP contribution is 2.26. The molecule has 150 valence electrons. The Balaban J connectivity index is 1.85. The highest BCUT2D eigenvalue weighted by Gasteiger charge is 2.20. The van der Waals surface area contributed by atoms with Gasteiger partial charge >= 0.3 is 5.97 Å². The van der Waals surface area contributed by atoms with Gasteiger partial charge in [-0.3, -0.25) is 0 Å². The second-order valence-electron chi connectivity index (χ2n) is 5.95. The van der Waals surface area contributed by atoms with Crippen LogP contribution in [-0.2, 0) is 0 Å². The van der Waals surface area contributed by atoms with E-state index in [1.807, 2.05) is 0 Å². The van der Waals surface area contributed by atoms with Crippen molar-refractivity contribution >= 4 is 46.1 Å². The van der Waals surface area contributed by atoms with Crippen LogP contribution < -0.4 is 11.2 Å². The van der Waals surface area contributed by atoms with Crippen molar-refractivity contribution in [2.45, 2.75) is 0 Å². The molecular weight excluding hydrogens is 417 g/mol. The number of nitrogens with zero attached hydrogens (tertiary/aromatic N) is 5. The molecule has 4 rings (SSSR count). The van der Waals surface area contributed by atoms with Crippen molar-refractivity contribution in [3.63, 3.8) is 0 Å². The number of nitrogens with one attached hydrogen (secondary N) is 1. The Hall–Kier alpha value is -4.12. The van der Waals surface area contributed by atoms with E-state index in [4.69, 9.17) is 17.4 Å². The van der Waals surface area contributed by atoms with E-state index in [-0.39, 0.29) is 39.1 Å². The number of hydrogen-bond acceptors (Lipinski definition) is 9. The quantitative estimate of drug-likeness (QED) is 0.248. The van der Waals surface area contributed by atoms with Gasteiger partial charge in [-0.2, -0.15) is 5.10 Å². The first-order valence-corrected chi connectivity index (χ1v) is 8.68. The number of carbonyl (C=O) groups is 1. The number of benzene rings is 2. The van der Waals surface area contributed by atoms with Gasteiger partial charge in [-0.05, 0) is 40.6 Å². The van der Waals surface area contributed by atoms with Crippen molar-refractivity contribution in [1.82, 2.24) is 20.3 Å². The number of anilines is 2. The molecule has 0 aliphatic rings. The van der Waals surface area contributed by atoms with Crippen molar-refractivity contribution in [3.05, 3.63) is 70.1 Å². The van der Waals surface area contributed by atoms with Crippen molar-refractivity contribution < 1.29 is 18.9 Å². The van der Waals surface area contributed by atoms with Crippen LogP contribution in [-0.4, -0.2) is 37.1 Å². The third-order valence-electron chi connectivity index (χ3n) is 4.03. The average Bonchev–Trinajstić information content (AvgIpc) is 3.19. The zero-order valence-corrected chi connectivity index (χ0v) is 15.6. The summed E-state index contributed by atoms with van der Waals surface area (Å²) in [6.07, 6.45) is 0. The lowest BCUT2D eigenvalue weighted by molar-refractivity contribution is 0.0697. The number of hydrogen-bond donors (Lipinski definition) is 3. The Morgan fingerprint density at radius 2 is 1.87 bits per heavy atom. The fourth-order valence-electron chi connectivity index (χ4n) is 2.67. The summed E-state index contributed by atoms with van der Waals surface area (Å²) in [5.41, 5.74) is 1.28. The predicted molar refractivity (Wildman–Crippen MR) is 105 cm³/mol. The minimum absolute atomic E-state index is 0.0330. The third kappa shape index (κ3) is 3.61. The molecule has 0 saturated heterocycles. The maximum Gasteiger partial charge on any atom is 0.335 e. The Morgan fingerprint density at radius 3 is 2.57 bits per heavy atom. The molecule has 0 spiro atoms. The molecule has 4 aromatic rings. The van der Waals surface area contributed by atoms with Gasteiger partial charge in [0.1, 0.15) is 17.2 Å². The lowest BCUT2D eigenvalue weighted by atomic mass is 10.0. The molecule has 2 aromatic heterocycles. The zero-order valence-electron chi connectivity index (χ0n) is 14.9. The molecule has 0 fully saturated rings. The van der Waals surface area contributed by atoms with Gasteiger partial charge in [0.05, 0.1) is 10.6 Å². The van der Waals surface area contributed by atoms with E-state index in [9.17, 15) is 14.3 Å². The fourth-order valence-corrected chi connectivity index (χ4v) is 2.85. The number of carboxylic acid groups (broad SMARTS) is 1. The first-order valence-electron chi connectivity index (χ1n) is 8.30. The SMILES string of the molecule is N/N=C(\c1cccc(C(=O)O)c1)c1nc2nonc2nc1Nc1ccc(F)c(Cl)c1. The van der Waals surface area contributed by atoms with E-state index in [1.165, 1.54) is 30.3 Å². The van der Waals surface area contributed by atoms with Crippen molar-refractivity contribution in [3.8, 4) is 0 Å². The average molecular weight is 428 g/mol. The summed E-state index contributed by atoms with van der Waals surface area (Å²) in [5, 5.41) is 23.2. The molecule has 0 aliphatic carbocycles. The number of aromatic nitrogens is 4. The highest BCUT2D eigenvalue weighted by atomic mass is 35.5. The Morgan fingerprint density at radius 1 is 1.13 bits per heavy atom. The van der Waals surface area contributed by atoms with Crippen molar-refractivity contribution in [2.75, 3.05) is 5.32 Å². The van der Waals surface area contributed by atoms with Gasteiger partial charge in [-0.25, -0.2) is 23.8 Å². The summed E-state index contributed by atoms with van der Waals surface area (Å²) in [7, 11) is 0. The summed E-state index contributed by atoms with van der Waals surface area (Å²) in [5.74, 6) is 4.05. The van der Waals surface area contributed by atoms with E-state index in [2.05, 4.69) is 35.3 Å². The number of carboxylic acids is 1. The van der Waals surface area contributed by atoms with Gasteiger partial charge in [0, 0.05) is 11.3 Å². The summed E-state index contributed by atoms with van der Waals surface area (Å²) < 4.78 is 18.1. The number of halogens is 2. The van der Waals surface area contributed by atoms with E-state index < -0.39 is 11.8 Å². The zero-order chi connectivity index (χ0) is 21.3. The van der Waals surface area contributed by atoms with Crippen LogP contribution in [0.3, 0.4) is 0 Å². The second-order valence-corrected chi connectivity index (χ2v) is 6.36. The van der Waals surface area contributed by atoms with Gasteiger partial charge in [0.25, 0.3) is 0 Å². The van der Waals surface area contributed by atoms with Crippen LogP contribution in [0.25, 0.3) is 11.3 Å². The van der Waals surface area contributed by atoms with Gasteiger partial charge in [0.15, 0.2) is 5.82 Å². The van der Waals surface area contributed by atoms with Gasteiger partial charge < -0.3 is 16.3 Å². The number of hydrazone groups is 1. The fraction of sp³-hybridized carbons (Fsp3) is 0. The van der Waals surface area contributed by atoms with Crippen molar-refractivity contribution in [1.29, 1.82) is 0 Å². The molecule has 0 radical (unpaired) electrons. The number of nitrogens with two attached hydrogens (primary N) is 1. The lowest BCUT2D eigenvalue weighted by Gasteiger charge is -2.12. The molecule has 0 saturated carbocycles. The van der Waals surface area contributed by atoms with Crippen LogP contribution >= 0.6 is 11.6 Å². The molecule has 0 atom stereocenters. The van der Waals surface area contributed by atoms with Crippen LogP contribution in [0.5, 0.6) is 0 Å². The Bertz CT molecular complexity index is 1310. The lowest BCUT2D eigenvalue weighted by Crippen LogP contribution is -2.14. The largest absolute Gasteiger partial charge is 0.478 e. The van der Waals surface area contributed by atoms with E-state index in [0.29, 0.717) is 11.3 Å². The molecule has 30 heavy (non-hydrogen) atoms. The highest BCUT2D eigenvalue weighted by molar-refractivity contribution is 6.31. The molecule has 0 bridgehead atoms. The molecule has 12 heteroatoms. The van der Waals surface area contributed by atoms with Crippen LogP contribution in [0, 0.1) is 5.82 Å². The van der Waals surface area contributed by atoms with Crippen LogP contribution in [0.2, 0.25) is 5.02 Å². The standard InChI is InChI=1S/C18H11ClFN7O3/c19-11-7-10(4-5-12(11)20)22-15-14(23-16-17(24-15)27-30-26-16)13(25-21)8-2-1-3-9(6-8)18(28)29/h1-7H,21H2,(H,28,29)(H,22,24,27)/b25-13+. The molecule has 0 aliphatic heterocycles. The molecule has 0 amide bonds. The molecular formula is C18H11ClFN7O3. The first kappa shape index (κ1) is 19.2. The summed E-state index contributed by atoms with van der Waals surface area (Å²) >= 11 is 5.84. The second kappa shape index (κ2) is 7.72. The normalized spacial score (nSPS) is 11.6. The maximum atomic E-state index is 13.5. The maximum absolute atomic E-state index is 13.5. The Labute approximate surface area is 172 Å². The smallest absolute Gasteiger partial charge is 0.335 e. The van der Waals surface area contributed by atoms with Crippen LogP contribution in [0.4, 0.5) is 15.9 Å². The van der Waals surface area contributed by atoms with E-state index in [0.717, 1.165) is 0 Å². The van der Waals surface area contributed by atoms with Crippen LogP contribution in [0.15, 0.2) is 52.2 Å². The monoisotopic (exact) mass is 427 g/mol. The van der Waals surface area contributed by atoms with Crippen LogP contribution in [0.1, 0.15) is 21.6 Å². The number of aromatic carboxylic acids is 1. The number of rotatable bonds is 5. The predicted octanol–water partition coefficient (Wildman–Crippen LogP) is 2.96. The Kier molecular flexibility index (Phi) is 4.94. The first-order chi connectivity index (χ1) is 14.5. The summed E-state index contributed by atoms with van der Waals surface area (Å²) in [4.78, 5) is 20.0. The molecule has 2 aromatic carbocycles. The van der Waals surface area contributed by atoms with E-state index in [1.54, 1.807) is 12.1 Å². The summed E-state index contributed by atoms with van der Waals surface area (Å²) in [6, 6.07) is 9.96. The van der Waals surface area contributed by atoms with Gasteiger partial charge in [-0.1, -0.05) is 23.7 Å². The van der Waals surface area contributed by atoms with E-state index >= 15 is 0 Å². The minimum atomic E-state index is -1.12. The third-order valence-corrected chi connectivity index (χ3v) is 4.32. The topological polar surface area (TPSA) is 152 Å². The molecule has 2 heterocycles. The van der Waals surface area contributed by atoms with Gasteiger partial charge in [-0.15, -0.1) is 0 Å². The molecule has 10 nitrogen and oxygen atoms in total. The number of fused-ring (bicyclic) bond motifs is 1. The summed E-state index contributed by atoms with van der Waals surface area (Å²) in [6.45, 7) is 0. The molecule has 0 unspecified atom stereocenters. The van der Waals surface area contributed by atoms with Gasteiger partial charge in [0.2, 0.25) is 11.3 Å².